The van der Waals surface area contributed by atoms with Crippen LogP contribution in [0.5, 0.6) is 5.75 Å². The maximum atomic E-state index is 9.72. The van der Waals surface area contributed by atoms with E-state index < -0.39 is 0 Å². The number of benzene rings is 1. The van der Waals surface area contributed by atoms with Crippen molar-refractivity contribution in [3.8, 4) is 5.75 Å². The molecule has 1 fully saturated rings. The maximum absolute atomic E-state index is 9.72. The normalized spacial score (nSPS) is 18.5. The van der Waals surface area contributed by atoms with Crippen molar-refractivity contribution in [1.29, 1.82) is 0 Å². The Balaban J connectivity index is 2.30. The Labute approximate surface area is 91.1 Å². The van der Waals surface area contributed by atoms with Crippen molar-refractivity contribution in [3.63, 3.8) is 0 Å². The van der Waals surface area contributed by atoms with Gasteiger partial charge in [-0.05, 0) is 55.3 Å². The Morgan fingerprint density at radius 1 is 1.40 bits per heavy atom. The molecule has 1 aromatic rings. The lowest BCUT2D eigenvalue weighted by atomic mass is 9.62. The van der Waals surface area contributed by atoms with Gasteiger partial charge in [0.05, 0.1) is 0 Å². The van der Waals surface area contributed by atoms with Gasteiger partial charge < -0.3 is 10.8 Å². The van der Waals surface area contributed by atoms with Gasteiger partial charge in [-0.3, -0.25) is 0 Å². The summed E-state index contributed by atoms with van der Waals surface area (Å²) in [5, 5.41) is 9.72. The van der Waals surface area contributed by atoms with E-state index in [-0.39, 0.29) is 5.41 Å². The number of hydrogen-bond acceptors (Lipinski definition) is 2. The smallest absolute Gasteiger partial charge is 0.118 e. The van der Waals surface area contributed by atoms with Crippen LogP contribution in [0.15, 0.2) is 18.2 Å². The zero-order valence-electron chi connectivity index (χ0n) is 9.29. The Morgan fingerprint density at radius 2 is 2.13 bits per heavy atom. The molecule has 0 radical (unpaired) electrons. The minimum Gasteiger partial charge on any atom is -0.508 e. The number of aromatic hydroxyl groups is 1. The van der Waals surface area contributed by atoms with Crippen LogP contribution in [0.4, 0.5) is 0 Å². The molecule has 0 bridgehead atoms. The van der Waals surface area contributed by atoms with Crippen LogP contribution in [0.2, 0.25) is 0 Å². The van der Waals surface area contributed by atoms with E-state index in [1.807, 2.05) is 19.1 Å². The van der Waals surface area contributed by atoms with Crippen LogP contribution in [0, 0.1) is 6.92 Å². The lowest BCUT2D eigenvalue weighted by Crippen LogP contribution is -2.36. The van der Waals surface area contributed by atoms with E-state index in [4.69, 9.17) is 5.73 Å². The first-order valence-corrected chi connectivity index (χ1v) is 5.68. The molecule has 1 aliphatic rings. The van der Waals surface area contributed by atoms with Gasteiger partial charge in [0.15, 0.2) is 0 Å². The molecule has 2 heteroatoms. The summed E-state index contributed by atoms with van der Waals surface area (Å²) >= 11 is 0. The molecule has 0 spiro atoms. The highest BCUT2D eigenvalue weighted by molar-refractivity contribution is 5.40. The van der Waals surface area contributed by atoms with Crippen molar-refractivity contribution < 1.29 is 5.11 Å². The maximum Gasteiger partial charge on any atom is 0.118 e. The van der Waals surface area contributed by atoms with Crippen LogP contribution in [-0.4, -0.2) is 11.7 Å². The van der Waals surface area contributed by atoms with Crippen molar-refractivity contribution in [2.45, 2.75) is 38.0 Å². The zero-order valence-corrected chi connectivity index (χ0v) is 9.29. The number of phenols is 1. The third-order valence-corrected chi connectivity index (χ3v) is 3.76. The summed E-state index contributed by atoms with van der Waals surface area (Å²) in [6.07, 6.45) is 4.75. The Kier molecular flexibility index (Phi) is 2.70. The van der Waals surface area contributed by atoms with E-state index >= 15 is 0 Å². The SMILES string of the molecule is Cc1ccc(C2(CCN)CCC2)cc1O. The fourth-order valence-electron chi connectivity index (χ4n) is 2.50. The molecule has 0 unspecified atom stereocenters. The first kappa shape index (κ1) is 10.5. The fourth-order valence-corrected chi connectivity index (χ4v) is 2.50. The van der Waals surface area contributed by atoms with Crippen molar-refractivity contribution in [2.75, 3.05) is 6.54 Å². The summed E-state index contributed by atoms with van der Waals surface area (Å²) in [6.45, 7) is 2.66. The van der Waals surface area contributed by atoms with E-state index in [0.717, 1.165) is 18.5 Å². The molecule has 0 saturated heterocycles. The largest absolute Gasteiger partial charge is 0.508 e. The minimum absolute atomic E-state index is 0.264. The number of hydrogen-bond donors (Lipinski definition) is 2. The van der Waals surface area contributed by atoms with Crippen LogP contribution in [0.25, 0.3) is 0 Å². The van der Waals surface area contributed by atoms with Gasteiger partial charge in [0.25, 0.3) is 0 Å². The van der Waals surface area contributed by atoms with E-state index in [2.05, 4.69) is 6.07 Å². The lowest BCUT2D eigenvalue weighted by molar-refractivity contribution is 0.229. The van der Waals surface area contributed by atoms with Crippen LogP contribution in [0.1, 0.15) is 36.8 Å². The van der Waals surface area contributed by atoms with E-state index in [1.165, 1.54) is 24.8 Å². The lowest BCUT2D eigenvalue weighted by Gasteiger charge is -2.42. The molecule has 2 nitrogen and oxygen atoms in total. The van der Waals surface area contributed by atoms with Gasteiger partial charge in [-0.25, -0.2) is 0 Å². The number of phenolic OH excluding ortho intramolecular Hbond substituents is 1. The number of nitrogens with two attached hydrogens (primary N) is 1. The van der Waals surface area contributed by atoms with Crippen molar-refractivity contribution in [2.24, 2.45) is 5.73 Å². The summed E-state index contributed by atoms with van der Waals surface area (Å²) in [7, 11) is 0. The van der Waals surface area contributed by atoms with E-state index in [9.17, 15) is 5.11 Å². The first-order chi connectivity index (χ1) is 7.18. The van der Waals surface area contributed by atoms with E-state index in [0.29, 0.717) is 5.75 Å². The van der Waals surface area contributed by atoms with Crippen molar-refractivity contribution in [1.82, 2.24) is 0 Å². The fraction of sp³-hybridized carbons (Fsp3) is 0.538. The van der Waals surface area contributed by atoms with Gasteiger partial charge in [-0.2, -0.15) is 0 Å². The van der Waals surface area contributed by atoms with Gasteiger partial charge in [0.2, 0.25) is 0 Å². The standard InChI is InChI=1S/C13H19NO/c1-10-3-4-11(9-12(10)15)13(7-8-14)5-2-6-13/h3-4,9,15H,2,5-8,14H2,1H3. The quantitative estimate of drug-likeness (QED) is 0.796. The average Bonchev–Trinajstić information content (AvgIpc) is 2.16. The molecule has 1 aromatic carbocycles. The average molecular weight is 205 g/mol. The van der Waals surface area contributed by atoms with E-state index in [1.54, 1.807) is 0 Å². The summed E-state index contributed by atoms with van der Waals surface area (Å²) in [5.41, 5.74) is 8.14. The van der Waals surface area contributed by atoms with Crippen molar-refractivity contribution >= 4 is 0 Å². The molecule has 82 valence electrons. The Hall–Kier alpha value is -1.02. The van der Waals surface area contributed by atoms with Crippen LogP contribution < -0.4 is 5.73 Å². The first-order valence-electron chi connectivity index (χ1n) is 5.68. The number of rotatable bonds is 3. The summed E-state index contributed by atoms with van der Waals surface area (Å²) in [5.74, 6) is 0.413. The van der Waals surface area contributed by atoms with Crippen molar-refractivity contribution in [3.05, 3.63) is 29.3 Å². The predicted octanol–water partition coefficient (Wildman–Crippen LogP) is 2.47. The molecule has 0 atom stereocenters. The summed E-state index contributed by atoms with van der Waals surface area (Å²) in [4.78, 5) is 0. The van der Waals surface area contributed by atoms with Gasteiger partial charge in [-0.15, -0.1) is 0 Å². The molecule has 1 aliphatic carbocycles. The third-order valence-electron chi connectivity index (χ3n) is 3.76. The molecule has 0 aromatic heterocycles. The second-order valence-electron chi connectivity index (χ2n) is 4.67. The van der Waals surface area contributed by atoms with Gasteiger partial charge >= 0.3 is 0 Å². The zero-order chi connectivity index (χ0) is 10.9. The highest BCUT2D eigenvalue weighted by Gasteiger charge is 2.37. The van der Waals surface area contributed by atoms with Crippen LogP contribution in [0.3, 0.4) is 0 Å². The van der Waals surface area contributed by atoms with Crippen LogP contribution >= 0.6 is 0 Å². The monoisotopic (exact) mass is 205 g/mol. The number of aryl methyl sites for hydroxylation is 1. The molecule has 0 heterocycles. The predicted molar refractivity (Wildman–Crippen MR) is 62.0 cm³/mol. The molecule has 0 amide bonds. The summed E-state index contributed by atoms with van der Waals surface area (Å²) < 4.78 is 0. The molecule has 2 rings (SSSR count). The Morgan fingerprint density at radius 3 is 2.60 bits per heavy atom. The van der Waals surface area contributed by atoms with Crippen LogP contribution in [-0.2, 0) is 5.41 Å². The molecule has 15 heavy (non-hydrogen) atoms. The highest BCUT2D eigenvalue weighted by Crippen LogP contribution is 2.47. The third kappa shape index (κ3) is 1.74. The highest BCUT2D eigenvalue weighted by atomic mass is 16.3. The molecular weight excluding hydrogens is 186 g/mol. The minimum atomic E-state index is 0.264. The second kappa shape index (κ2) is 3.86. The second-order valence-corrected chi connectivity index (χ2v) is 4.67. The molecule has 3 N–H and O–H groups in total. The molecular formula is C13H19NO. The Bertz CT molecular complexity index is 356. The molecule has 0 aliphatic heterocycles. The molecule has 1 saturated carbocycles. The van der Waals surface area contributed by atoms with Gasteiger partial charge in [0.1, 0.15) is 5.75 Å². The van der Waals surface area contributed by atoms with Gasteiger partial charge in [-0.1, -0.05) is 18.6 Å². The topological polar surface area (TPSA) is 46.2 Å². The summed E-state index contributed by atoms with van der Waals surface area (Å²) in [6, 6.07) is 6.06. The van der Waals surface area contributed by atoms with Gasteiger partial charge in [0, 0.05) is 0 Å².